The van der Waals surface area contributed by atoms with E-state index in [4.69, 9.17) is 4.52 Å². The molecule has 0 spiro atoms. The maximum atomic E-state index is 5.38. The Balaban J connectivity index is 1.80. The van der Waals surface area contributed by atoms with Crippen molar-refractivity contribution >= 4 is 0 Å². The average Bonchev–Trinajstić information content (AvgIpc) is 2.76. The van der Waals surface area contributed by atoms with Gasteiger partial charge in [0.15, 0.2) is 5.82 Å². The van der Waals surface area contributed by atoms with E-state index in [1.807, 2.05) is 12.1 Å². The van der Waals surface area contributed by atoms with E-state index in [1.165, 1.54) is 24.8 Å². The Hall–Kier alpha value is -1.68. The Labute approximate surface area is 113 Å². The van der Waals surface area contributed by atoms with Crippen LogP contribution in [-0.2, 0) is 0 Å². The van der Waals surface area contributed by atoms with Gasteiger partial charge in [0, 0.05) is 5.56 Å². The number of aryl methyl sites for hydroxylation is 1. The molecular formula is C15H19N3O. The number of hydrogen-bond acceptors (Lipinski definition) is 4. The molecule has 1 aliphatic rings. The topological polar surface area (TPSA) is 51.0 Å². The molecule has 4 nitrogen and oxygen atoms in total. The minimum absolute atomic E-state index is 0.241. The molecule has 0 radical (unpaired) electrons. The van der Waals surface area contributed by atoms with Crippen LogP contribution < -0.4 is 5.32 Å². The molecule has 1 aromatic heterocycles. The summed E-state index contributed by atoms with van der Waals surface area (Å²) in [4.78, 5) is 4.54. The van der Waals surface area contributed by atoms with Gasteiger partial charge in [0.05, 0.1) is 6.04 Å². The van der Waals surface area contributed by atoms with E-state index in [0.717, 1.165) is 24.4 Å². The number of benzene rings is 1. The predicted octanol–water partition coefficient (Wildman–Crippen LogP) is 3.25. The zero-order valence-electron chi connectivity index (χ0n) is 11.2. The van der Waals surface area contributed by atoms with Crippen LogP contribution in [0.15, 0.2) is 28.8 Å². The standard InChI is InChI=1S/C15H19N3O/c1-11-6-8-12(9-7-11)15-17-14(18-19-15)13-5-3-2-4-10-16-13/h6-9,13,16H,2-5,10H2,1H3. The summed E-state index contributed by atoms with van der Waals surface area (Å²) >= 11 is 0. The van der Waals surface area contributed by atoms with Crippen LogP contribution in [0.3, 0.4) is 0 Å². The fraction of sp³-hybridized carbons (Fsp3) is 0.467. The van der Waals surface area contributed by atoms with Crippen molar-refractivity contribution in [3.63, 3.8) is 0 Å². The van der Waals surface area contributed by atoms with Crippen molar-refractivity contribution in [2.75, 3.05) is 6.54 Å². The molecule has 1 unspecified atom stereocenters. The van der Waals surface area contributed by atoms with Crippen LogP contribution in [-0.4, -0.2) is 16.7 Å². The van der Waals surface area contributed by atoms with Crippen LogP contribution in [0.5, 0.6) is 0 Å². The zero-order valence-corrected chi connectivity index (χ0v) is 11.2. The van der Waals surface area contributed by atoms with Crippen molar-refractivity contribution in [2.45, 2.75) is 38.6 Å². The summed E-state index contributed by atoms with van der Waals surface area (Å²) in [5.41, 5.74) is 2.21. The summed E-state index contributed by atoms with van der Waals surface area (Å²) in [6, 6.07) is 8.40. The van der Waals surface area contributed by atoms with Crippen molar-refractivity contribution in [1.82, 2.24) is 15.5 Å². The molecule has 3 rings (SSSR count). The summed E-state index contributed by atoms with van der Waals surface area (Å²) in [5, 5.41) is 7.62. The highest BCUT2D eigenvalue weighted by atomic mass is 16.5. The fourth-order valence-electron chi connectivity index (χ4n) is 2.44. The third kappa shape index (κ3) is 2.84. The van der Waals surface area contributed by atoms with Gasteiger partial charge in [0.25, 0.3) is 5.89 Å². The summed E-state index contributed by atoms with van der Waals surface area (Å²) in [7, 11) is 0. The largest absolute Gasteiger partial charge is 0.334 e. The lowest BCUT2D eigenvalue weighted by Crippen LogP contribution is -2.21. The van der Waals surface area contributed by atoms with Gasteiger partial charge in [-0.1, -0.05) is 35.7 Å². The molecule has 0 saturated carbocycles. The van der Waals surface area contributed by atoms with Crippen molar-refractivity contribution in [2.24, 2.45) is 0 Å². The highest BCUT2D eigenvalue weighted by Gasteiger charge is 2.19. The van der Waals surface area contributed by atoms with E-state index in [0.29, 0.717) is 5.89 Å². The van der Waals surface area contributed by atoms with E-state index >= 15 is 0 Å². The third-order valence-electron chi connectivity index (χ3n) is 3.61. The van der Waals surface area contributed by atoms with Crippen LogP contribution >= 0.6 is 0 Å². The van der Waals surface area contributed by atoms with Gasteiger partial charge in [-0.25, -0.2) is 0 Å². The highest BCUT2D eigenvalue weighted by Crippen LogP contribution is 2.23. The average molecular weight is 257 g/mol. The Morgan fingerprint density at radius 2 is 2.00 bits per heavy atom. The lowest BCUT2D eigenvalue weighted by atomic mass is 10.1. The number of nitrogens with one attached hydrogen (secondary N) is 1. The Bertz CT molecular complexity index is 525. The number of hydrogen-bond donors (Lipinski definition) is 1. The van der Waals surface area contributed by atoms with E-state index in [-0.39, 0.29) is 6.04 Å². The SMILES string of the molecule is Cc1ccc(-c2nc(C3CCCCCN3)no2)cc1. The molecule has 1 saturated heterocycles. The molecule has 1 aliphatic heterocycles. The van der Waals surface area contributed by atoms with Crippen molar-refractivity contribution in [3.05, 3.63) is 35.7 Å². The second kappa shape index (κ2) is 5.53. The lowest BCUT2D eigenvalue weighted by molar-refractivity contribution is 0.402. The quantitative estimate of drug-likeness (QED) is 0.897. The first-order valence-corrected chi connectivity index (χ1v) is 6.97. The van der Waals surface area contributed by atoms with Gasteiger partial charge in [-0.05, 0) is 38.4 Å². The maximum Gasteiger partial charge on any atom is 0.257 e. The molecule has 0 amide bonds. The lowest BCUT2D eigenvalue weighted by Gasteiger charge is -2.09. The normalized spacial score (nSPS) is 20.2. The Morgan fingerprint density at radius 3 is 2.84 bits per heavy atom. The minimum atomic E-state index is 0.241. The molecule has 2 heterocycles. The molecule has 4 heteroatoms. The first-order chi connectivity index (χ1) is 9.33. The van der Waals surface area contributed by atoms with E-state index in [2.05, 4.69) is 34.5 Å². The molecule has 1 aromatic carbocycles. The van der Waals surface area contributed by atoms with Gasteiger partial charge in [-0.15, -0.1) is 0 Å². The molecule has 1 atom stereocenters. The van der Waals surface area contributed by atoms with Crippen LogP contribution in [0.2, 0.25) is 0 Å². The van der Waals surface area contributed by atoms with Crippen molar-refractivity contribution < 1.29 is 4.52 Å². The maximum absolute atomic E-state index is 5.38. The van der Waals surface area contributed by atoms with E-state index in [9.17, 15) is 0 Å². The van der Waals surface area contributed by atoms with Gasteiger partial charge < -0.3 is 9.84 Å². The van der Waals surface area contributed by atoms with Gasteiger partial charge in [-0.2, -0.15) is 4.98 Å². The second-order valence-electron chi connectivity index (χ2n) is 5.18. The first kappa shape index (κ1) is 12.4. The summed E-state index contributed by atoms with van der Waals surface area (Å²) in [5.74, 6) is 1.40. The fourth-order valence-corrected chi connectivity index (χ4v) is 2.44. The Morgan fingerprint density at radius 1 is 1.16 bits per heavy atom. The van der Waals surface area contributed by atoms with Crippen LogP contribution in [0.1, 0.15) is 43.1 Å². The first-order valence-electron chi connectivity index (χ1n) is 6.97. The molecular weight excluding hydrogens is 238 g/mol. The molecule has 19 heavy (non-hydrogen) atoms. The third-order valence-corrected chi connectivity index (χ3v) is 3.61. The zero-order chi connectivity index (χ0) is 13.1. The predicted molar refractivity (Wildman–Crippen MR) is 73.7 cm³/mol. The van der Waals surface area contributed by atoms with Crippen LogP contribution in [0.4, 0.5) is 0 Å². The van der Waals surface area contributed by atoms with E-state index in [1.54, 1.807) is 0 Å². The van der Waals surface area contributed by atoms with Gasteiger partial charge in [0.2, 0.25) is 0 Å². The summed E-state index contributed by atoms with van der Waals surface area (Å²) < 4.78 is 5.38. The Kier molecular flexibility index (Phi) is 3.60. The molecule has 2 aromatic rings. The number of aromatic nitrogens is 2. The van der Waals surface area contributed by atoms with Crippen LogP contribution in [0, 0.1) is 6.92 Å². The van der Waals surface area contributed by atoms with Gasteiger partial charge in [-0.3, -0.25) is 0 Å². The van der Waals surface area contributed by atoms with E-state index < -0.39 is 0 Å². The molecule has 0 bridgehead atoms. The van der Waals surface area contributed by atoms with Crippen molar-refractivity contribution in [1.29, 1.82) is 0 Å². The number of rotatable bonds is 2. The minimum Gasteiger partial charge on any atom is -0.334 e. The molecule has 1 fully saturated rings. The van der Waals surface area contributed by atoms with Gasteiger partial charge >= 0.3 is 0 Å². The highest BCUT2D eigenvalue weighted by molar-refractivity contribution is 5.53. The second-order valence-corrected chi connectivity index (χ2v) is 5.18. The summed E-state index contributed by atoms with van der Waals surface area (Å²) in [6.07, 6.45) is 4.84. The molecule has 100 valence electrons. The molecule has 0 aliphatic carbocycles. The number of nitrogens with zero attached hydrogens (tertiary/aromatic N) is 2. The monoisotopic (exact) mass is 257 g/mol. The molecule has 1 N–H and O–H groups in total. The van der Waals surface area contributed by atoms with Gasteiger partial charge in [0.1, 0.15) is 0 Å². The van der Waals surface area contributed by atoms with Crippen molar-refractivity contribution in [3.8, 4) is 11.5 Å². The smallest absolute Gasteiger partial charge is 0.257 e. The summed E-state index contributed by atoms with van der Waals surface area (Å²) in [6.45, 7) is 3.11. The van der Waals surface area contributed by atoms with Crippen LogP contribution in [0.25, 0.3) is 11.5 Å².